The van der Waals surface area contributed by atoms with Gasteiger partial charge in [0.1, 0.15) is 77.5 Å². The molecule has 4 saturated carbocycles. The van der Waals surface area contributed by atoms with Crippen LogP contribution in [0.3, 0.4) is 0 Å². The van der Waals surface area contributed by atoms with Crippen LogP contribution in [0.2, 0.25) is 72.5 Å². The van der Waals surface area contributed by atoms with Crippen molar-refractivity contribution in [2.45, 2.75) is 344 Å². The maximum atomic E-state index is 11.8. The van der Waals surface area contributed by atoms with Crippen LogP contribution in [0.15, 0.2) is 171 Å². The lowest BCUT2D eigenvalue weighted by Crippen LogP contribution is -2.45. The van der Waals surface area contributed by atoms with Crippen molar-refractivity contribution in [3.8, 4) is 6.07 Å². The van der Waals surface area contributed by atoms with Crippen LogP contribution in [0.4, 0.5) is 23.3 Å². The van der Waals surface area contributed by atoms with Crippen molar-refractivity contribution in [3.63, 3.8) is 0 Å². The number of hydrogen-bond acceptors (Lipinski definition) is 22. The molecule has 0 aliphatic heterocycles. The minimum absolute atomic E-state index is 0.0178. The van der Waals surface area contributed by atoms with Crippen molar-refractivity contribution in [2.75, 3.05) is 40.7 Å². The molecule has 0 bridgehead atoms. The topological polar surface area (TPSA) is 312 Å². The average molecular weight is 2010 g/mol. The molecule has 8 aliphatic carbocycles. The molecule has 12 aromatic rings. The van der Waals surface area contributed by atoms with Crippen molar-refractivity contribution in [2.24, 2.45) is 23.7 Å². The molecule has 8 heterocycles. The summed E-state index contributed by atoms with van der Waals surface area (Å²) in [5.74, 6) is 4.19. The van der Waals surface area contributed by atoms with E-state index >= 15 is 0 Å². The second kappa shape index (κ2) is 41.7. The Hall–Kier alpha value is -9.70. The quantitative estimate of drug-likeness (QED) is 0.0181. The van der Waals surface area contributed by atoms with E-state index in [9.17, 15) is 23.6 Å². The monoisotopic (exact) mass is 2010 g/mol. The van der Waals surface area contributed by atoms with Gasteiger partial charge in [-0.1, -0.05) is 180 Å². The summed E-state index contributed by atoms with van der Waals surface area (Å²) in [6.07, 6.45) is 34.4. The van der Waals surface area contributed by atoms with Crippen LogP contribution in [0, 0.1) is 35.0 Å². The number of aryl methyl sites for hydroxylation is 4. The van der Waals surface area contributed by atoms with Crippen LogP contribution in [0.25, 0.3) is 44.1 Å². The third kappa shape index (κ3) is 22.3. The number of aliphatic hydroxyl groups is 1. The first-order valence-electron chi connectivity index (χ1n) is 52.0. The van der Waals surface area contributed by atoms with Crippen molar-refractivity contribution >= 4 is 117 Å². The zero-order valence-corrected chi connectivity index (χ0v) is 92.4. The number of aromatic nitrogens is 12. The number of nitriles is 1. The summed E-state index contributed by atoms with van der Waals surface area (Å²) < 4.78 is 65.2. The largest absolute Gasteiger partial charge is 0.414 e. The number of benzene rings is 4. The molecule has 758 valence electrons. The molecule has 4 fully saturated rings. The third-order valence-electron chi connectivity index (χ3n) is 34.3. The van der Waals surface area contributed by atoms with E-state index in [1.54, 1.807) is 25.3 Å². The SMILES string of the molecule is CC(C)(C)[Si](C)(C)O[C@H]1C[C@H](n2ccc3c(N[C@H]4CCc5ccccc54)ncnc32)C[C@H]1CC#N.CC(C)(C)[Si](C)(C)O[C@H]1C[C@H](n2ccc3c(N[C@H]4CCc5ccccc54)ncnc32)C[C@H]1CC=O.CC(C)(C)[Si](C)(C)O[C@H]1C[C@H](n2ccc3c(N[C@H]4CCc5ccccc54)ncnc32)C[C@H]1CO.CC(C)(C)[Si](C)(C)O[C@H]1C[C@H](n2ccc3c(N[C@H]4CCc5ccccc54)ncnc32)C[C@H]1COS(C)(=O)=O. The molecule has 16 atom stereocenters. The molecule has 26 nitrogen and oxygen atoms in total. The Bertz CT molecular complexity index is 6620. The highest BCUT2D eigenvalue weighted by Gasteiger charge is 2.50. The Kier molecular flexibility index (Phi) is 30.4. The van der Waals surface area contributed by atoms with E-state index in [-0.39, 0.29) is 130 Å². The predicted molar refractivity (Wildman–Crippen MR) is 579 cm³/mol. The summed E-state index contributed by atoms with van der Waals surface area (Å²) in [6, 6.07) is 47.5. The molecule has 8 aliphatic rings. The number of nitrogens with zero attached hydrogens (tertiary/aromatic N) is 13. The molecule has 0 amide bonds. The van der Waals surface area contributed by atoms with E-state index in [2.05, 4.69) is 367 Å². The van der Waals surface area contributed by atoms with Gasteiger partial charge < -0.3 is 67.1 Å². The van der Waals surface area contributed by atoms with E-state index in [1.165, 1.54) is 44.5 Å². The van der Waals surface area contributed by atoms with E-state index in [4.69, 9.17) is 21.9 Å². The Morgan fingerprint density at radius 1 is 0.387 bits per heavy atom. The summed E-state index contributed by atoms with van der Waals surface area (Å²) in [4.78, 5) is 48.7. The van der Waals surface area contributed by atoms with Gasteiger partial charge in [-0.15, -0.1) is 0 Å². The normalized spacial score (nSPS) is 24.6. The lowest BCUT2D eigenvalue weighted by atomic mass is 10.0. The molecule has 142 heavy (non-hydrogen) atoms. The number of anilines is 4. The van der Waals surface area contributed by atoms with Crippen molar-refractivity contribution in [1.29, 1.82) is 5.26 Å². The molecule has 0 unspecified atom stereocenters. The summed E-state index contributed by atoms with van der Waals surface area (Å²) in [5, 5.41) is 39.1. The van der Waals surface area contributed by atoms with Crippen LogP contribution >= 0.6 is 0 Å². The summed E-state index contributed by atoms with van der Waals surface area (Å²) in [7, 11) is -11.4. The van der Waals surface area contributed by atoms with Gasteiger partial charge >= 0.3 is 0 Å². The van der Waals surface area contributed by atoms with Crippen LogP contribution in [-0.4, -0.2) is 155 Å². The summed E-state index contributed by atoms with van der Waals surface area (Å²) in [6.45, 7) is 45.7. The van der Waals surface area contributed by atoms with Crippen LogP contribution in [0.5, 0.6) is 0 Å². The highest BCUT2D eigenvalue weighted by molar-refractivity contribution is 7.86. The van der Waals surface area contributed by atoms with Crippen molar-refractivity contribution in [1.82, 2.24) is 58.1 Å². The van der Waals surface area contributed by atoms with Gasteiger partial charge in [0.15, 0.2) is 33.3 Å². The number of aliphatic hydroxyl groups excluding tert-OH is 1. The lowest BCUT2D eigenvalue weighted by molar-refractivity contribution is -0.109. The van der Waals surface area contributed by atoms with Gasteiger partial charge in [-0.2, -0.15) is 13.7 Å². The van der Waals surface area contributed by atoms with Gasteiger partial charge in [-0.05, 0) is 256 Å². The Morgan fingerprint density at radius 3 is 0.923 bits per heavy atom. The van der Waals surface area contributed by atoms with Crippen LogP contribution < -0.4 is 21.3 Å². The van der Waals surface area contributed by atoms with E-state index in [0.29, 0.717) is 12.8 Å². The molecule has 5 N–H and O–H groups in total. The minimum Gasteiger partial charge on any atom is -0.414 e. The lowest BCUT2D eigenvalue weighted by Gasteiger charge is -2.39. The molecule has 4 aromatic carbocycles. The first-order valence-corrected chi connectivity index (χ1v) is 65.4. The number of carbonyl (C=O) groups is 1. The van der Waals surface area contributed by atoms with Gasteiger partial charge in [0.25, 0.3) is 10.1 Å². The van der Waals surface area contributed by atoms with Gasteiger partial charge in [-0.3, -0.25) is 4.18 Å². The third-order valence-corrected chi connectivity index (χ3v) is 52.9. The molecular formula is C111H153N17O9SSi4. The predicted octanol–water partition coefficient (Wildman–Crippen LogP) is 25.0. The molecule has 20 rings (SSSR count). The minimum atomic E-state index is -3.53. The smallest absolute Gasteiger partial charge is 0.264 e. The second-order valence-corrected chi connectivity index (χ2v) is 68.3. The molecule has 0 spiro atoms. The number of carbonyl (C=O) groups excluding carboxylic acids is 1. The van der Waals surface area contributed by atoms with Crippen LogP contribution in [-0.2, 0) is 62.5 Å². The first kappa shape index (κ1) is 104. The molecule has 31 heteroatoms. The molecule has 0 radical (unpaired) electrons. The van der Waals surface area contributed by atoms with Gasteiger partial charge in [-0.25, -0.2) is 39.9 Å². The molecular weight excluding hydrogens is 1860 g/mol. The number of nitrogens with one attached hydrogen (secondary N) is 4. The fraction of sp³-hybridized carbons (Fsp3) is 0.550. The fourth-order valence-corrected chi connectivity index (χ4v) is 28.3. The van der Waals surface area contributed by atoms with E-state index < -0.39 is 43.4 Å². The van der Waals surface area contributed by atoms with Crippen molar-refractivity contribution < 1.29 is 40.2 Å². The van der Waals surface area contributed by atoms with Gasteiger partial charge in [0.2, 0.25) is 0 Å². The number of rotatable bonds is 27. The van der Waals surface area contributed by atoms with Gasteiger partial charge in [0, 0.05) is 80.2 Å². The second-order valence-electron chi connectivity index (χ2n) is 47.6. The number of aldehydes is 1. The zero-order valence-electron chi connectivity index (χ0n) is 87.6. The first-order chi connectivity index (χ1) is 67.4. The maximum absolute atomic E-state index is 11.8. The Morgan fingerprint density at radius 2 is 0.648 bits per heavy atom. The number of fused-ring (bicyclic) bond motifs is 8. The standard InChI is InChI=1S/C28H37N5OSi.C28H40N4O4SSi.C28H38N4O2Si.C27H38N4O2Si/c1-28(2,3)35(4,5)34-25-17-21(16-20(25)12-14-29)33-15-13-23-26(30-18-31-27(23)33)32-24-11-10-19-8-6-7-9-22(19)24;1-28(2,3)38(5,6)36-25-16-21(15-20(25)17-35-37(4,33)34)32-14-13-23-26(29-18-30-27(23)32)31-24-12-11-19-9-7-8-10-22(19)24;1-28(2,3)35(4,5)34-25-17-21(16-20(25)13-15-33)32-14-12-23-26(29-18-30-27(23)32)31-24-11-10-19-8-6-7-9-22(19)24;1-27(2,3)34(4,5)33-24-15-20(14-19(24)16-32)31-13-12-22-25(28-17-29-26(22)31)30-23-11-10-18-8-6-7-9-21(18)23/h6-9,13,15,18,20-21,24-25H,10-12,16-17H2,1-5H3,(H,30,31,32);7-10,13-14,18,20-21,24-25H,11-12,15-17H2,1-6H3,(H,29,30,31);6-9,12,14-15,18,20-21,24-25H,10-11,13,16-17H2,1-5H3,(H,29,30,31);6-9,12-13,17,19-20,23-24,32H,10-11,14-16H2,1-5H3,(H,28,29,30)/t20-,21-,24+,25+;20-,21+,24-,25-;20-,21-,24+,25+;19-,20+,23-,24-/m1010/s1. The van der Waals surface area contributed by atoms with Crippen LogP contribution in [0.1, 0.15) is 266 Å². The zero-order chi connectivity index (χ0) is 101. The summed E-state index contributed by atoms with van der Waals surface area (Å²) >= 11 is 0. The Labute approximate surface area is 845 Å². The highest BCUT2D eigenvalue weighted by atomic mass is 32.2. The van der Waals surface area contributed by atoms with Gasteiger partial charge in [0.05, 0.1) is 89.1 Å². The fourth-order valence-electron chi connectivity index (χ4n) is 22.2. The Balaban J connectivity index is 0.000000130. The maximum Gasteiger partial charge on any atom is 0.264 e. The number of hydrogen-bond donors (Lipinski definition) is 5. The van der Waals surface area contributed by atoms with E-state index in [1.807, 2.05) is 0 Å². The van der Waals surface area contributed by atoms with Crippen molar-refractivity contribution in [3.05, 3.63) is 216 Å². The molecule has 0 saturated heterocycles. The highest BCUT2D eigenvalue weighted by Crippen LogP contribution is 2.53. The molecule has 8 aromatic heterocycles. The summed E-state index contributed by atoms with van der Waals surface area (Å²) in [5.41, 5.74) is 14.9. The average Bonchev–Trinajstić information content (AvgIpc) is 1.63. The van der Waals surface area contributed by atoms with E-state index in [0.717, 1.165) is 183 Å².